The zero-order valence-corrected chi connectivity index (χ0v) is 66.2. The Hall–Kier alpha value is -11.6. The lowest BCUT2D eigenvalue weighted by Gasteiger charge is -2.38. The van der Waals surface area contributed by atoms with E-state index in [2.05, 4.69) is 131 Å². The third-order valence-corrected chi connectivity index (χ3v) is 27.1. The molecule has 8 atom stereocenters. The van der Waals surface area contributed by atoms with Crippen LogP contribution in [0.3, 0.4) is 0 Å². The van der Waals surface area contributed by atoms with Gasteiger partial charge in [-0.3, -0.25) is 28.9 Å². The maximum absolute atomic E-state index is 14.5. The molecule has 19 rings (SSSR count). The van der Waals surface area contributed by atoms with Crippen molar-refractivity contribution in [2.45, 2.75) is 140 Å². The molecule has 0 spiro atoms. The first-order valence-corrected chi connectivity index (χ1v) is 41.1. The summed E-state index contributed by atoms with van der Waals surface area (Å²) >= 11 is 0. The molecule has 1 unspecified atom stereocenters. The van der Waals surface area contributed by atoms with Crippen LogP contribution < -0.4 is 10.2 Å². The molecular formula is C89H83F6N17O3S. The maximum Gasteiger partial charge on any atom is 0.254 e. The average molecular weight is 1580 g/mol. The second-order valence-electron chi connectivity index (χ2n) is 33.6. The van der Waals surface area contributed by atoms with Gasteiger partial charge in [0.25, 0.3) is 5.91 Å². The van der Waals surface area contributed by atoms with Gasteiger partial charge in [-0.05, 0) is 208 Å². The zero-order valence-electron chi connectivity index (χ0n) is 65.3. The smallest absolute Gasteiger partial charge is 0.254 e. The van der Waals surface area contributed by atoms with Gasteiger partial charge in [-0.2, -0.15) is 15.3 Å². The van der Waals surface area contributed by atoms with Crippen molar-refractivity contribution >= 4 is 32.9 Å². The monoisotopic (exact) mass is 1580 g/mol. The summed E-state index contributed by atoms with van der Waals surface area (Å²) in [5, 5.41) is 38.7. The van der Waals surface area contributed by atoms with E-state index in [4.69, 9.17) is 15.0 Å². The standard InChI is InChI=1S/C30H28F2N6.C30H29F2N5OS.C29H26F2N6O2/c1-17-15-38(16-17)26-8-7-18(12-34-26)24-13-33-14-25(35-24)30-10-9-20(29(30,2)3)19-11-23(36-37-28(19)30)27-21(31)5-4-6-22(27)32;1-29(2)21-10-12-30(29,28-20(21)14-24(36-37-28)27-22(31)6-5-7-23(27)32)26-17-33-16-25(35-26)18-8-9-19(34-15-18)11-13-39(3,4)38;1-15(38)27(39)35-24-8-7-16(12-33-24)22-13-32-14-23(34-22)29-10-9-18(28(29,2)3)17-11-21(36-37-26(17)29)25-19(30)5-4-6-20(25)31/h4-8,11-14,17,20H,9-10,15-16H2,1-3H3;5-9,14-17,21H,3,10-13H2,1-2,4H3;4-8,11-15,18,38H,9-10H2,1-3H3,(H,33,35,39)/t20-,30-;21-,30-,39?;15-,18-,29-/m000/s1. The van der Waals surface area contributed by atoms with Crippen LogP contribution in [0.15, 0.2) is 165 Å². The first-order chi connectivity index (χ1) is 55.4. The highest BCUT2D eigenvalue weighted by molar-refractivity contribution is 7.99. The number of nitrogens with one attached hydrogen (secondary N) is 1. The Morgan fingerprint density at radius 2 is 0.862 bits per heavy atom. The molecule has 1 amide bonds. The van der Waals surface area contributed by atoms with E-state index in [1.807, 2.05) is 36.7 Å². The predicted molar refractivity (Wildman–Crippen MR) is 429 cm³/mol. The van der Waals surface area contributed by atoms with Crippen molar-refractivity contribution in [1.29, 1.82) is 0 Å². The molecule has 9 aromatic heterocycles. The number of fused-ring (bicyclic) bond motifs is 15. The van der Waals surface area contributed by atoms with Crippen LogP contribution >= 0.6 is 0 Å². The van der Waals surface area contributed by atoms with E-state index in [9.17, 15) is 40.5 Å². The van der Waals surface area contributed by atoms with Crippen molar-refractivity contribution in [2.24, 2.45) is 22.2 Å². The maximum atomic E-state index is 14.5. The summed E-state index contributed by atoms with van der Waals surface area (Å²) in [6, 6.07) is 28.2. The van der Waals surface area contributed by atoms with Gasteiger partial charge < -0.3 is 15.3 Å². The minimum atomic E-state index is -2.07. The largest absolute Gasteiger partial charge is 0.384 e. The van der Waals surface area contributed by atoms with Crippen molar-refractivity contribution in [3.8, 4) is 67.5 Å². The zero-order chi connectivity index (χ0) is 81.3. The van der Waals surface area contributed by atoms with Crippen LogP contribution in [-0.2, 0) is 37.0 Å². The summed E-state index contributed by atoms with van der Waals surface area (Å²) in [7, 11) is -2.07. The van der Waals surface area contributed by atoms with E-state index in [0.717, 1.165) is 131 Å². The van der Waals surface area contributed by atoms with Crippen LogP contribution in [-0.4, -0.2) is 128 Å². The highest BCUT2D eigenvalue weighted by atomic mass is 32.2. The van der Waals surface area contributed by atoms with Crippen LogP contribution in [0.2, 0.25) is 0 Å². The molecule has 3 saturated carbocycles. The summed E-state index contributed by atoms with van der Waals surface area (Å²) < 4.78 is 99.2. The van der Waals surface area contributed by atoms with E-state index in [-0.39, 0.29) is 67.8 Å². The van der Waals surface area contributed by atoms with Gasteiger partial charge in [-0.1, -0.05) is 66.7 Å². The molecule has 0 radical (unpaired) electrons. The molecule has 2 N–H and O–H groups in total. The molecule has 3 aromatic carbocycles. The Morgan fingerprint density at radius 1 is 0.500 bits per heavy atom. The number of aryl methyl sites for hydroxylation is 1. The number of hydrogen-bond donors (Lipinski definition) is 2. The molecule has 12 aromatic rings. The second-order valence-corrected chi connectivity index (χ2v) is 36.4. The van der Waals surface area contributed by atoms with E-state index >= 15 is 0 Å². The van der Waals surface area contributed by atoms with Crippen LogP contribution in [0.5, 0.6) is 0 Å². The number of halogens is 6. The fraction of sp³-hybridized carbons (Fsp3) is 0.337. The summed E-state index contributed by atoms with van der Waals surface area (Å²) in [6.45, 7) is 18.9. The van der Waals surface area contributed by atoms with Crippen molar-refractivity contribution in [1.82, 2.24) is 75.4 Å². The normalized spacial score (nSPS) is 22.4. The number of rotatable bonds is 15. The highest BCUT2D eigenvalue weighted by Crippen LogP contribution is 2.72. The summed E-state index contributed by atoms with van der Waals surface area (Å²) in [6.07, 6.45) is 22.0. The van der Waals surface area contributed by atoms with Gasteiger partial charge in [0.15, 0.2) is 0 Å². The minimum Gasteiger partial charge on any atom is -0.384 e. The van der Waals surface area contributed by atoms with Gasteiger partial charge in [0.1, 0.15) is 52.6 Å². The fourth-order valence-electron chi connectivity index (χ4n) is 19.9. The predicted octanol–water partition coefficient (Wildman–Crippen LogP) is 16.1. The van der Waals surface area contributed by atoms with Crippen molar-refractivity contribution in [2.75, 3.05) is 35.3 Å². The second kappa shape index (κ2) is 28.7. The topological polar surface area (TPSA) is 263 Å². The van der Waals surface area contributed by atoms with E-state index in [1.165, 1.54) is 61.5 Å². The lowest BCUT2D eigenvalue weighted by molar-refractivity contribution is -0.123. The highest BCUT2D eigenvalue weighted by Gasteiger charge is 2.68. The van der Waals surface area contributed by atoms with Crippen molar-refractivity contribution < 1.29 is 40.5 Å². The Labute approximate surface area is 667 Å². The summed E-state index contributed by atoms with van der Waals surface area (Å²) in [4.78, 5) is 56.3. The third-order valence-electron chi connectivity index (χ3n) is 26.1. The third kappa shape index (κ3) is 12.5. The van der Waals surface area contributed by atoms with E-state index in [1.54, 1.807) is 73.9 Å². The number of carbonyl (C=O) groups is 1. The minimum absolute atomic E-state index is 0.112. The van der Waals surface area contributed by atoms with E-state index in [0.29, 0.717) is 40.9 Å². The molecule has 6 aliphatic carbocycles. The lowest BCUT2D eigenvalue weighted by Crippen LogP contribution is -2.45. The SMILES string of the molecule is C=S(C)(=O)CCc1ccc(-c2cncc([C@@]34CC[C@@H](c5cc(-c6c(F)cccc6F)nnc53)C4(C)C)n2)cn1.CC1CN(c2ccc(-c3cncc([C@@]45CC[C@@H](c6cc(-c7c(F)cccc7F)nnc64)C5(C)C)n3)cn2)C1.C[C@H](O)C(=O)Nc1ccc(-c2cncc([C@@]34CC[C@@H](c5cc(-c6c(F)cccc6F)nnc53)C4(C)C)n2)cn1. The van der Waals surface area contributed by atoms with Crippen molar-refractivity contribution in [3.05, 3.63) is 256 Å². The molecule has 10 heterocycles. The van der Waals surface area contributed by atoms with E-state index < -0.39 is 72.7 Å². The molecule has 27 heteroatoms. The molecule has 4 fully saturated rings. The molecular weight excluding hydrogens is 1500 g/mol. The number of aliphatic hydroxyl groups excluding tert-OH is 1. The number of aliphatic hydroxyl groups is 1. The number of nitrogens with zero attached hydrogens (tertiary/aromatic N) is 16. The molecule has 116 heavy (non-hydrogen) atoms. The van der Waals surface area contributed by atoms with Gasteiger partial charge in [0.2, 0.25) is 0 Å². The van der Waals surface area contributed by atoms with Crippen LogP contribution in [0.4, 0.5) is 38.0 Å². The van der Waals surface area contributed by atoms with Crippen LogP contribution in [0.1, 0.15) is 168 Å². The van der Waals surface area contributed by atoms with Gasteiger partial charge in [0.05, 0.1) is 120 Å². The number of pyridine rings is 3. The number of hydrogen-bond acceptors (Lipinski definition) is 19. The Kier molecular flexibility index (Phi) is 19.1. The van der Waals surface area contributed by atoms with Crippen LogP contribution in [0.25, 0.3) is 67.5 Å². The van der Waals surface area contributed by atoms with Gasteiger partial charge in [-0.15, -0.1) is 15.3 Å². The number of amides is 1. The fourth-order valence-corrected chi connectivity index (χ4v) is 20.5. The van der Waals surface area contributed by atoms with Crippen LogP contribution in [0, 0.1) is 57.1 Å². The number of anilines is 2. The molecule has 7 aliphatic rings. The summed E-state index contributed by atoms with van der Waals surface area (Å²) in [5.41, 5.74) is 10.8. The number of aromatic nitrogens is 15. The Bertz CT molecular complexity index is 5980. The van der Waals surface area contributed by atoms with Gasteiger partial charge in [-0.25, -0.2) is 51.3 Å². The van der Waals surface area contributed by atoms with Gasteiger partial charge >= 0.3 is 0 Å². The molecule has 1 aliphatic heterocycles. The number of carbonyl (C=O) groups excluding carboxylic acids is 1. The molecule has 6 bridgehead atoms. The van der Waals surface area contributed by atoms with Crippen molar-refractivity contribution in [3.63, 3.8) is 0 Å². The first-order valence-electron chi connectivity index (χ1n) is 38.8. The Balaban J connectivity index is 0.000000125. The molecule has 590 valence electrons. The molecule has 1 saturated heterocycles. The summed E-state index contributed by atoms with van der Waals surface area (Å²) in [5.74, 6) is 2.13. The number of benzene rings is 3. The van der Waals surface area contributed by atoms with Gasteiger partial charge in [0, 0.05) is 91.1 Å². The Morgan fingerprint density at radius 3 is 1.18 bits per heavy atom. The first kappa shape index (κ1) is 77.0. The average Bonchev–Trinajstić information content (AvgIpc) is 1.53. The lowest BCUT2D eigenvalue weighted by atomic mass is 9.66. The quantitative estimate of drug-likeness (QED) is 0.0713. The molecule has 20 nitrogen and oxygen atoms in total.